The number of aromatic amines is 1. The van der Waals surface area contributed by atoms with Gasteiger partial charge in [-0.05, 0) is 38.1 Å². The number of thioether (sulfide) groups is 1. The molecule has 2 aromatic rings. The Kier molecular flexibility index (Phi) is 6.55. The van der Waals surface area contributed by atoms with Crippen LogP contribution < -0.4 is 10.5 Å². The van der Waals surface area contributed by atoms with Crippen LogP contribution in [0.2, 0.25) is 0 Å². The molecule has 0 aromatic carbocycles. The zero-order valence-corrected chi connectivity index (χ0v) is 16.1. The zero-order chi connectivity index (χ0) is 18.6. The van der Waals surface area contributed by atoms with Crippen molar-refractivity contribution in [3.05, 3.63) is 33.4 Å². The van der Waals surface area contributed by atoms with Crippen molar-refractivity contribution in [2.75, 3.05) is 12.4 Å². The average Bonchev–Trinajstić information content (AvgIpc) is 2.83. The highest BCUT2D eigenvalue weighted by Crippen LogP contribution is 2.26. The Morgan fingerprint density at radius 3 is 2.76 bits per heavy atom. The molecule has 134 valence electrons. The highest BCUT2D eigenvalue weighted by molar-refractivity contribution is 7.99. The van der Waals surface area contributed by atoms with E-state index in [1.807, 2.05) is 13.8 Å². The summed E-state index contributed by atoms with van der Waals surface area (Å²) in [5.74, 6) is -0.686. The van der Waals surface area contributed by atoms with E-state index >= 15 is 0 Å². The first-order valence-corrected chi connectivity index (χ1v) is 9.66. The summed E-state index contributed by atoms with van der Waals surface area (Å²) >= 11 is 2.73. The number of H-pyrrole nitrogens is 1. The van der Waals surface area contributed by atoms with E-state index in [9.17, 15) is 14.4 Å². The molecule has 25 heavy (non-hydrogen) atoms. The van der Waals surface area contributed by atoms with Crippen LogP contribution in [-0.2, 0) is 20.9 Å². The second kappa shape index (κ2) is 8.44. The van der Waals surface area contributed by atoms with Gasteiger partial charge in [-0.15, -0.1) is 0 Å². The quantitative estimate of drug-likeness (QED) is 0.230. The molecule has 0 atom stereocenters. The molecule has 0 amide bonds. The third-order valence-corrected chi connectivity index (χ3v) is 5.82. The number of carbonyl (C=O) groups excluding carboxylic acids is 2. The minimum atomic E-state index is -0.527. The predicted octanol–water partition coefficient (Wildman–Crippen LogP) is 2.29. The van der Waals surface area contributed by atoms with Crippen LogP contribution in [0.15, 0.2) is 22.6 Å². The van der Waals surface area contributed by atoms with Gasteiger partial charge in [-0.3, -0.25) is 9.59 Å². The predicted molar refractivity (Wildman–Crippen MR) is 99.3 cm³/mol. The number of Topliss-reactive ketones (excluding diaryl/α,β-unsaturated/α-hetero) is 1. The van der Waals surface area contributed by atoms with Gasteiger partial charge in [-0.25, -0.2) is 9.78 Å². The molecule has 0 fully saturated rings. The molecular weight excluding hydrogens is 360 g/mol. The number of esters is 1. The lowest BCUT2D eigenvalue weighted by Gasteiger charge is -2.04. The zero-order valence-electron chi connectivity index (χ0n) is 14.5. The Labute approximate surface area is 153 Å². The van der Waals surface area contributed by atoms with Gasteiger partial charge in [-0.1, -0.05) is 24.0 Å². The van der Waals surface area contributed by atoms with Crippen molar-refractivity contribution in [3.8, 4) is 0 Å². The van der Waals surface area contributed by atoms with Gasteiger partial charge in [0, 0.05) is 4.88 Å². The topological polar surface area (TPSA) is 79.5 Å². The number of aryl methyl sites for hydroxylation is 2. The van der Waals surface area contributed by atoms with Gasteiger partial charge in [0.15, 0.2) is 10.6 Å². The maximum absolute atomic E-state index is 12.8. The molecule has 0 aliphatic rings. The smallest absolute Gasteiger partial charge is 0.347 e. The molecule has 2 aromatic heterocycles. The minimum Gasteiger partial charge on any atom is -0.466 e. The third kappa shape index (κ3) is 4.38. The lowest BCUT2D eigenvalue weighted by molar-refractivity contribution is -0.404. The van der Waals surface area contributed by atoms with Crippen molar-refractivity contribution >= 4 is 45.1 Å². The number of nitrogens with zero attached hydrogens (tertiary/aromatic N) is 1. The SMILES string of the molecule is C=CCn1c(SCC(=O)CC(=O)OCC)[nH+]c2sc(C)c(C)c2c1=O. The molecule has 0 aliphatic heterocycles. The summed E-state index contributed by atoms with van der Waals surface area (Å²) in [5, 5.41) is 1.25. The molecule has 0 spiro atoms. The number of thiophene rings is 1. The van der Waals surface area contributed by atoms with Gasteiger partial charge < -0.3 is 4.74 Å². The Morgan fingerprint density at radius 2 is 2.12 bits per heavy atom. The van der Waals surface area contributed by atoms with Crippen molar-refractivity contribution in [2.24, 2.45) is 0 Å². The molecule has 0 saturated heterocycles. The van der Waals surface area contributed by atoms with Crippen LogP contribution >= 0.6 is 23.1 Å². The Hall–Kier alpha value is -1.93. The van der Waals surface area contributed by atoms with Crippen LogP contribution in [0, 0.1) is 13.8 Å². The maximum atomic E-state index is 12.8. The molecule has 2 rings (SSSR count). The van der Waals surface area contributed by atoms with E-state index in [4.69, 9.17) is 4.74 Å². The monoisotopic (exact) mass is 381 g/mol. The molecule has 6 nitrogen and oxygen atoms in total. The summed E-state index contributed by atoms with van der Waals surface area (Å²) in [5.41, 5.74) is 0.866. The van der Waals surface area contributed by atoms with Crippen molar-refractivity contribution < 1.29 is 19.3 Å². The first-order valence-electron chi connectivity index (χ1n) is 7.85. The van der Waals surface area contributed by atoms with Gasteiger partial charge in [-0.2, -0.15) is 4.57 Å². The van der Waals surface area contributed by atoms with E-state index in [0.29, 0.717) is 17.1 Å². The largest absolute Gasteiger partial charge is 0.466 e. The maximum Gasteiger partial charge on any atom is 0.347 e. The Balaban J connectivity index is 2.29. The van der Waals surface area contributed by atoms with Crippen molar-refractivity contribution in [1.82, 2.24) is 4.57 Å². The van der Waals surface area contributed by atoms with Crippen LogP contribution in [0.3, 0.4) is 0 Å². The van der Waals surface area contributed by atoms with E-state index < -0.39 is 5.97 Å². The number of hydrogen-bond donors (Lipinski definition) is 0. The third-order valence-electron chi connectivity index (χ3n) is 3.64. The standard InChI is InChI=1S/C17H20N2O4S2/c1-5-7-19-16(22)14-10(3)11(4)25-15(14)18-17(19)24-9-12(20)8-13(21)23-6-2/h5H,1,6-9H2,2-4H3/p+1. The highest BCUT2D eigenvalue weighted by Gasteiger charge is 2.23. The molecule has 0 saturated carbocycles. The lowest BCUT2D eigenvalue weighted by atomic mass is 10.2. The van der Waals surface area contributed by atoms with Crippen molar-refractivity contribution in [3.63, 3.8) is 0 Å². The van der Waals surface area contributed by atoms with E-state index in [1.54, 1.807) is 17.6 Å². The molecule has 0 bridgehead atoms. The van der Waals surface area contributed by atoms with E-state index in [2.05, 4.69) is 11.6 Å². The lowest BCUT2D eigenvalue weighted by Crippen LogP contribution is -2.29. The van der Waals surface area contributed by atoms with Crippen LogP contribution in [-0.4, -0.2) is 28.7 Å². The first-order chi connectivity index (χ1) is 11.9. The van der Waals surface area contributed by atoms with E-state index in [1.165, 1.54) is 23.1 Å². The second-order valence-corrected chi connectivity index (χ2v) is 7.62. The van der Waals surface area contributed by atoms with Gasteiger partial charge in [0.2, 0.25) is 0 Å². The number of ether oxygens (including phenoxy) is 1. The Morgan fingerprint density at radius 1 is 1.40 bits per heavy atom. The van der Waals surface area contributed by atoms with Crippen LogP contribution in [0.1, 0.15) is 23.8 Å². The van der Waals surface area contributed by atoms with Gasteiger partial charge >= 0.3 is 16.7 Å². The van der Waals surface area contributed by atoms with E-state index in [0.717, 1.165) is 15.3 Å². The fourth-order valence-corrected chi connectivity index (χ4v) is 4.35. The van der Waals surface area contributed by atoms with Crippen molar-refractivity contribution in [2.45, 2.75) is 38.9 Å². The summed E-state index contributed by atoms with van der Waals surface area (Å²) in [7, 11) is 0. The summed E-state index contributed by atoms with van der Waals surface area (Å²) in [6, 6.07) is 0. The summed E-state index contributed by atoms with van der Waals surface area (Å²) in [6.45, 7) is 9.88. The van der Waals surface area contributed by atoms with E-state index in [-0.39, 0.29) is 30.1 Å². The number of ketones is 1. The molecular formula is C17H21N2O4S2+. The van der Waals surface area contributed by atoms with Crippen LogP contribution in [0.4, 0.5) is 0 Å². The number of hydrogen-bond acceptors (Lipinski definition) is 6. The summed E-state index contributed by atoms with van der Waals surface area (Å²) in [4.78, 5) is 41.2. The molecule has 0 radical (unpaired) electrons. The normalized spacial score (nSPS) is 10.8. The molecule has 1 N–H and O–H groups in total. The molecule has 0 aliphatic carbocycles. The number of allylic oxidation sites excluding steroid dienone is 1. The summed E-state index contributed by atoms with van der Waals surface area (Å²) in [6.07, 6.45) is 1.38. The minimum absolute atomic E-state index is 0.0841. The van der Waals surface area contributed by atoms with Crippen LogP contribution in [0.25, 0.3) is 10.2 Å². The van der Waals surface area contributed by atoms with Crippen LogP contribution in [0.5, 0.6) is 0 Å². The number of fused-ring (bicyclic) bond motifs is 1. The van der Waals surface area contributed by atoms with Gasteiger partial charge in [0.05, 0.1) is 12.4 Å². The number of nitrogens with one attached hydrogen (secondary N) is 1. The van der Waals surface area contributed by atoms with Gasteiger partial charge in [0.1, 0.15) is 18.4 Å². The number of aromatic nitrogens is 2. The number of carbonyl (C=O) groups is 2. The highest BCUT2D eigenvalue weighted by atomic mass is 32.2. The first kappa shape index (κ1) is 19.4. The average molecular weight is 381 g/mol. The fraction of sp³-hybridized carbons (Fsp3) is 0.412. The molecule has 2 heterocycles. The fourth-order valence-electron chi connectivity index (χ4n) is 2.35. The van der Waals surface area contributed by atoms with Gasteiger partial charge in [0.25, 0.3) is 0 Å². The second-order valence-electron chi connectivity index (χ2n) is 5.43. The Bertz CT molecular complexity index is 883. The number of rotatable bonds is 8. The molecule has 0 unspecified atom stereocenters. The molecule has 8 heteroatoms. The van der Waals surface area contributed by atoms with Crippen molar-refractivity contribution in [1.29, 1.82) is 0 Å². The summed E-state index contributed by atoms with van der Waals surface area (Å²) < 4.78 is 6.34.